The summed E-state index contributed by atoms with van der Waals surface area (Å²) in [7, 11) is 0. The highest BCUT2D eigenvalue weighted by Gasteiger charge is 2.56. The molecular weight excluding hydrogens is 476 g/mol. The van der Waals surface area contributed by atoms with Gasteiger partial charge in [0.2, 0.25) is 5.89 Å². The lowest BCUT2D eigenvalue weighted by molar-refractivity contribution is -0.156. The number of hydrogen-bond donors (Lipinski definition) is 3. The molecular formula is C28H44N2O7. The highest BCUT2D eigenvalue weighted by atomic mass is 16.6. The Balaban J connectivity index is 1.91. The van der Waals surface area contributed by atoms with E-state index in [2.05, 4.69) is 11.9 Å². The number of oxazole rings is 1. The molecule has 0 saturated carbocycles. The maximum Gasteiger partial charge on any atom is 0.309 e. The van der Waals surface area contributed by atoms with Crippen molar-refractivity contribution in [2.75, 3.05) is 0 Å². The number of aliphatic hydroxyl groups is 2. The topological polar surface area (TPSA) is 148 Å². The van der Waals surface area contributed by atoms with E-state index in [0.717, 1.165) is 24.8 Å². The van der Waals surface area contributed by atoms with Crippen LogP contribution in [0.4, 0.5) is 0 Å². The Hall–Kier alpha value is -2.07. The Bertz CT molecular complexity index is 1000. The maximum absolute atomic E-state index is 13.3. The van der Waals surface area contributed by atoms with Gasteiger partial charge in [0.1, 0.15) is 23.8 Å². The fourth-order valence-electron chi connectivity index (χ4n) is 5.64. The summed E-state index contributed by atoms with van der Waals surface area (Å²) in [5.41, 5.74) is 5.33. The molecule has 3 heterocycles. The zero-order valence-corrected chi connectivity index (χ0v) is 23.2. The molecule has 3 rings (SSSR count). The highest BCUT2D eigenvalue weighted by Crippen LogP contribution is 2.47. The van der Waals surface area contributed by atoms with Crippen LogP contribution in [0.1, 0.15) is 85.7 Å². The summed E-state index contributed by atoms with van der Waals surface area (Å²) in [6, 6.07) is 0. The van der Waals surface area contributed by atoms with Crippen molar-refractivity contribution in [1.29, 1.82) is 0 Å². The standard InChI is InChI=1S/C28H44N2O7/c1-15-9-8-10-28(7)26(37-28)18(4)24(16(2)11-19-14-35-21(13-29)30-19)36-22(32)12-20(31)27(5,6)25(34)17(3)23(15)33/h11,14-15,17-18,20,23-24,26,31,33H,8-10,12-13,29H2,1-7H3/b16-11+/t15-,17+,18+,20-,23-,24+,26-,28+/m0/s1. The smallest absolute Gasteiger partial charge is 0.309 e. The van der Waals surface area contributed by atoms with Crippen LogP contribution in [0.25, 0.3) is 6.08 Å². The van der Waals surface area contributed by atoms with Crippen LogP contribution >= 0.6 is 0 Å². The molecule has 0 radical (unpaired) electrons. The Kier molecular flexibility index (Phi) is 9.05. The molecule has 2 aliphatic rings. The maximum atomic E-state index is 13.3. The lowest BCUT2D eigenvalue weighted by Gasteiger charge is -2.35. The summed E-state index contributed by atoms with van der Waals surface area (Å²) >= 11 is 0. The van der Waals surface area contributed by atoms with Gasteiger partial charge < -0.3 is 29.8 Å². The van der Waals surface area contributed by atoms with Crippen molar-refractivity contribution in [3.63, 3.8) is 0 Å². The monoisotopic (exact) mass is 520 g/mol. The number of nitrogens with two attached hydrogens (primary N) is 1. The lowest BCUT2D eigenvalue weighted by atomic mass is 9.73. The minimum atomic E-state index is -1.27. The second-order valence-electron chi connectivity index (χ2n) is 11.8. The van der Waals surface area contributed by atoms with E-state index < -0.39 is 35.6 Å². The predicted octanol–water partition coefficient (Wildman–Crippen LogP) is 3.41. The van der Waals surface area contributed by atoms with Gasteiger partial charge in [-0.15, -0.1) is 0 Å². The minimum Gasteiger partial charge on any atom is -0.457 e. The first kappa shape index (κ1) is 29.5. The number of cyclic esters (lactones) is 1. The average Bonchev–Trinajstić information content (AvgIpc) is 3.30. The van der Waals surface area contributed by atoms with Gasteiger partial charge >= 0.3 is 5.97 Å². The minimum absolute atomic E-state index is 0.0956. The lowest BCUT2D eigenvalue weighted by Crippen LogP contribution is -2.46. The van der Waals surface area contributed by atoms with Crippen LogP contribution in [0, 0.1) is 23.2 Å². The quantitative estimate of drug-likeness (QED) is 0.403. The normalized spacial score (nSPS) is 38.1. The van der Waals surface area contributed by atoms with E-state index in [4.69, 9.17) is 19.6 Å². The summed E-state index contributed by atoms with van der Waals surface area (Å²) in [4.78, 5) is 30.7. The molecule has 1 aromatic rings. The Labute approximate surface area is 219 Å². The summed E-state index contributed by atoms with van der Waals surface area (Å²) in [5, 5.41) is 21.8. The van der Waals surface area contributed by atoms with Crippen LogP contribution in [0.2, 0.25) is 0 Å². The molecule has 208 valence electrons. The third-order valence-corrected chi connectivity index (χ3v) is 8.39. The van der Waals surface area contributed by atoms with E-state index >= 15 is 0 Å². The van der Waals surface area contributed by atoms with E-state index in [0.29, 0.717) is 11.6 Å². The fourth-order valence-corrected chi connectivity index (χ4v) is 5.64. The molecule has 0 aliphatic carbocycles. The summed E-state index contributed by atoms with van der Waals surface area (Å²) in [6.07, 6.45) is 2.45. The zero-order chi connectivity index (χ0) is 27.7. The first-order valence-electron chi connectivity index (χ1n) is 13.3. The van der Waals surface area contributed by atoms with Crippen molar-refractivity contribution >= 4 is 17.8 Å². The van der Waals surface area contributed by atoms with Crippen LogP contribution in [-0.2, 0) is 25.6 Å². The van der Waals surface area contributed by atoms with E-state index in [9.17, 15) is 19.8 Å². The van der Waals surface area contributed by atoms with Crippen molar-refractivity contribution in [2.24, 2.45) is 28.9 Å². The number of esters is 1. The van der Waals surface area contributed by atoms with Crippen LogP contribution in [0.5, 0.6) is 0 Å². The molecule has 2 fully saturated rings. The molecule has 1 aromatic heterocycles. The van der Waals surface area contributed by atoms with Gasteiger partial charge in [-0.1, -0.05) is 41.0 Å². The molecule has 37 heavy (non-hydrogen) atoms. The number of rotatable bonds is 3. The van der Waals surface area contributed by atoms with Gasteiger partial charge in [0, 0.05) is 11.8 Å². The molecule has 0 amide bonds. The van der Waals surface area contributed by atoms with Gasteiger partial charge in [-0.25, -0.2) is 4.98 Å². The number of fused-ring (bicyclic) bond motifs is 1. The van der Waals surface area contributed by atoms with Gasteiger partial charge in [-0.05, 0) is 44.3 Å². The first-order chi connectivity index (χ1) is 17.2. The number of aliphatic hydroxyl groups excluding tert-OH is 2. The number of carbonyl (C=O) groups is 2. The number of Topliss-reactive ketones (excluding diaryl/α,β-unsaturated/α-hetero) is 1. The Morgan fingerprint density at radius 3 is 2.51 bits per heavy atom. The van der Waals surface area contributed by atoms with Crippen molar-refractivity contribution in [3.8, 4) is 0 Å². The van der Waals surface area contributed by atoms with Gasteiger partial charge in [0.15, 0.2) is 0 Å². The highest BCUT2D eigenvalue weighted by molar-refractivity contribution is 5.88. The molecule has 0 spiro atoms. The fraction of sp³-hybridized carbons (Fsp3) is 0.750. The molecule has 0 aromatic carbocycles. The van der Waals surface area contributed by atoms with Crippen LogP contribution < -0.4 is 5.73 Å². The van der Waals surface area contributed by atoms with Crippen LogP contribution in [0.15, 0.2) is 16.3 Å². The number of hydrogen-bond acceptors (Lipinski definition) is 9. The van der Waals surface area contributed by atoms with Crippen molar-refractivity contribution in [2.45, 2.75) is 111 Å². The summed E-state index contributed by atoms with van der Waals surface area (Å²) < 4.78 is 17.4. The van der Waals surface area contributed by atoms with Gasteiger partial charge in [0.05, 0.1) is 42.3 Å². The molecule has 0 unspecified atom stereocenters. The largest absolute Gasteiger partial charge is 0.457 e. The third kappa shape index (κ3) is 6.50. The van der Waals surface area contributed by atoms with Gasteiger partial charge in [-0.3, -0.25) is 9.59 Å². The van der Waals surface area contributed by atoms with Gasteiger partial charge in [-0.2, -0.15) is 0 Å². The zero-order valence-electron chi connectivity index (χ0n) is 23.2. The van der Waals surface area contributed by atoms with E-state index in [1.807, 2.05) is 20.8 Å². The summed E-state index contributed by atoms with van der Waals surface area (Å²) in [6.45, 7) is 12.9. The SMILES string of the molecule is C/C(=C\c1coc(CN)n1)[C@H]1OC(=O)C[C@H](O)C(C)(C)C(=O)[C@H](C)[C@@H](O)[C@@H](C)CCC[C@@]2(C)O[C@H]2[C@@H]1C. The second kappa shape index (κ2) is 11.4. The average molecular weight is 521 g/mol. The van der Waals surface area contributed by atoms with E-state index in [1.54, 1.807) is 26.8 Å². The molecule has 9 heteroatoms. The number of nitrogens with zero attached hydrogens (tertiary/aromatic N) is 1. The van der Waals surface area contributed by atoms with Crippen molar-refractivity contribution in [1.82, 2.24) is 4.98 Å². The number of ketones is 1. The molecule has 2 saturated heterocycles. The molecule has 8 atom stereocenters. The molecule has 4 N–H and O–H groups in total. The van der Waals surface area contributed by atoms with E-state index in [-0.39, 0.29) is 42.3 Å². The number of ether oxygens (including phenoxy) is 2. The van der Waals surface area contributed by atoms with E-state index in [1.165, 1.54) is 6.26 Å². The van der Waals surface area contributed by atoms with Crippen LogP contribution in [-0.4, -0.2) is 57.0 Å². The number of aromatic nitrogens is 1. The predicted molar refractivity (Wildman–Crippen MR) is 138 cm³/mol. The van der Waals surface area contributed by atoms with Crippen LogP contribution in [0.3, 0.4) is 0 Å². The van der Waals surface area contributed by atoms with Crippen molar-refractivity contribution < 1.29 is 33.7 Å². The Morgan fingerprint density at radius 1 is 1.22 bits per heavy atom. The first-order valence-corrected chi connectivity index (χ1v) is 13.3. The van der Waals surface area contributed by atoms with Crippen molar-refractivity contribution in [3.05, 3.63) is 23.4 Å². The number of carbonyl (C=O) groups excluding carboxylic acids is 2. The molecule has 9 nitrogen and oxygen atoms in total. The molecule has 0 bridgehead atoms. The second-order valence-corrected chi connectivity index (χ2v) is 11.8. The summed E-state index contributed by atoms with van der Waals surface area (Å²) in [5.74, 6) is -1.43. The Morgan fingerprint density at radius 2 is 1.89 bits per heavy atom. The third-order valence-electron chi connectivity index (χ3n) is 8.39. The molecule has 2 aliphatic heterocycles. The van der Waals surface area contributed by atoms with Gasteiger partial charge in [0.25, 0.3) is 0 Å². The number of epoxide rings is 1.